The van der Waals surface area contributed by atoms with Crippen LogP contribution in [0.4, 0.5) is 0 Å². The summed E-state index contributed by atoms with van der Waals surface area (Å²) in [7, 11) is 1.62. The summed E-state index contributed by atoms with van der Waals surface area (Å²) in [5.74, 6) is 0.550. The fourth-order valence-corrected chi connectivity index (χ4v) is 1.53. The van der Waals surface area contributed by atoms with E-state index in [9.17, 15) is 4.79 Å². The van der Waals surface area contributed by atoms with E-state index in [1.165, 1.54) is 5.56 Å². The lowest BCUT2D eigenvalue weighted by Crippen LogP contribution is -2.31. The Hall–Kier alpha value is -1.59. The smallest absolute Gasteiger partial charge is 0.258 e. The SMILES string of the molecule is CCc1ccc(OCC(=O)NCCOCCOC)cc1. The third-order valence-corrected chi connectivity index (χ3v) is 2.70. The number of methoxy groups -OCH3 is 1. The number of amides is 1. The summed E-state index contributed by atoms with van der Waals surface area (Å²) in [6.45, 7) is 4.15. The van der Waals surface area contributed by atoms with Gasteiger partial charge in [0.05, 0.1) is 19.8 Å². The lowest BCUT2D eigenvalue weighted by Gasteiger charge is -2.08. The summed E-state index contributed by atoms with van der Waals surface area (Å²) < 4.78 is 15.5. The second kappa shape index (κ2) is 10.2. The lowest BCUT2D eigenvalue weighted by molar-refractivity contribution is -0.123. The Balaban J connectivity index is 2.10. The molecular formula is C15H23NO4. The van der Waals surface area contributed by atoms with E-state index in [1.807, 2.05) is 24.3 Å². The van der Waals surface area contributed by atoms with Crippen LogP contribution in [0.25, 0.3) is 0 Å². The molecule has 0 unspecified atom stereocenters. The van der Waals surface area contributed by atoms with Gasteiger partial charge in [0.25, 0.3) is 5.91 Å². The molecule has 1 aromatic rings. The fourth-order valence-electron chi connectivity index (χ4n) is 1.53. The van der Waals surface area contributed by atoms with Crippen LogP contribution in [0.15, 0.2) is 24.3 Å². The molecule has 0 spiro atoms. The van der Waals surface area contributed by atoms with Gasteiger partial charge in [0.1, 0.15) is 5.75 Å². The van der Waals surface area contributed by atoms with Gasteiger partial charge >= 0.3 is 0 Å². The molecule has 0 aromatic heterocycles. The Bertz CT molecular complexity index is 378. The molecule has 0 heterocycles. The van der Waals surface area contributed by atoms with Crippen molar-refractivity contribution in [2.24, 2.45) is 0 Å². The number of nitrogens with one attached hydrogen (secondary N) is 1. The highest BCUT2D eigenvalue weighted by Crippen LogP contribution is 2.12. The zero-order valence-corrected chi connectivity index (χ0v) is 12.2. The van der Waals surface area contributed by atoms with Crippen LogP contribution < -0.4 is 10.1 Å². The molecule has 0 aliphatic carbocycles. The molecule has 112 valence electrons. The molecule has 0 radical (unpaired) electrons. The molecule has 0 aliphatic heterocycles. The van der Waals surface area contributed by atoms with Crippen LogP contribution >= 0.6 is 0 Å². The van der Waals surface area contributed by atoms with Crippen molar-refractivity contribution in [2.45, 2.75) is 13.3 Å². The molecule has 0 bridgehead atoms. The Morgan fingerprint density at radius 3 is 2.55 bits per heavy atom. The van der Waals surface area contributed by atoms with Crippen molar-refractivity contribution in [3.63, 3.8) is 0 Å². The minimum absolute atomic E-state index is 0.0174. The van der Waals surface area contributed by atoms with E-state index in [-0.39, 0.29) is 12.5 Å². The first-order valence-corrected chi connectivity index (χ1v) is 6.81. The monoisotopic (exact) mass is 281 g/mol. The minimum Gasteiger partial charge on any atom is -0.484 e. The number of aryl methyl sites for hydroxylation is 1. The van der Waals surface area contributed by atoms with E-state index >= 15 is 0 Å². The van der Waals surface area contributed by atoms with Crippen molar-refractivity contribution >= 4 is 5.91 Å². The van der Waals surface area contributed by atoms with Crippen LogP contribution in [0.3, 0.4) is 0 Å². The number of ether oxygens (including phenoxy) is 3. The molecule has 20 heavy (non-hydrogen) atoms. The molecule has 1 rings (SSSR count). The van der Waals surface area contributed by atoms with E-state index in [1.54, 1.807) is 7.11 Å². The van der Waals surface area contributed by atoms with Crippen molar-refractivity contribution in [2.75, 3.05) is 40.1 Å². The van der Waals surface area contributed by atoms with Crippen LogP contribution in [0.2, 0.25) is 0 Å². The molecule has 5 heteroatoms. The number of carbonyl (C=O) groups is 1. The van der Waals surface area contributed by atoms with Gasteiger partial charge in [0.2, 0.25) is 0 Å². The van der Waals surface area contributed by atoms with Gasteiger partial charge < -0.3 is 19.5 Å². The average molecular weight is 281 g/mol. The average Bonchev–Trinajstić information content (AvgIpc) is 2.49. The topological polar surface area (TPSA) is 56.8 Å². The van der Waals surface area contributed by atoms with Crippen LogP contribution in [0, 0.1) is 0 Å². The Morgan fingerprint density at radius 1 is 1.15 bits per heavy atom. The maximum atomic E-state index is 11.5. The summed E-state index contributed by atoms with van der Waals surface area (Å²) in [5.41, 5.74) is 1.25. The van der Waals surface area contributed by atoms with Crippen LogP contribution in [-0.4, -0.2) is 46.0 Å². The van der Waals surface area contributed by atoms with Crippen LogP contribution in [0.5, 0.6) is 5.75 Å². The summed E-state index contributed by atoms with van der Waals surface area (Å²) in [4.78, 5) is 11.5. The Kier molecular flexibility index (Phi) is 8.42. The summed E-state index contributed by atoms with van der Waals surface area (Å²) in [6.07, 6.45) is 0.990. The molecule has 1 amide bonds. The van der Waals surface area contributed by atoms with Crippen LogP contribution in [-0.2, 0) is 20.7 Å². The van der Waals surface area contributed by atoms with Gasteiger partial charge in [-0.05, 0) is 24.1 Å². The summed E-state index contributed by atoms with van der Waals surface area (Å²) >= 11 is 0. The third kappa shape index (κ3) is 7.11. The number of benzene rings is 1. The fraction of sp³-hybridized carbons (Fsp3) is 0.533. The predicted octanol–water partition coefficient (Wildman–Crippen LogP) is 1.41. The Morgan fingerprint density at radius 2 is 1.90 bits per heavy atom. The number of hydrogen-bond acceptors (Lipinski definition) is 4. The van der Waals surface area contributed by atoms with Crippen molar-refractivity contribution < 1.29 is 19.0 Å². The highest BCUT2D eigenvalue weighted by Gasteiger charge is 2.02. The third-order valence-electron chi connectivity index (χ3n) is 2.70. The van der Waals surface area contributed by atoms with Gasteiger partial charge in [-0.25, -0.2) is 0 Å². The molecule has 0 saturated carbocycles. The number of rotatable bonds is 10. The van der Waals surface area contributed by atoms with Crippen molar-refractivity contribution in [1.29, 1.82) is 0 Å². The minimum atomic E-state index is -0.153. The summed E-state index contributed by atoms with van der Waals surface area (Å²) in [6, 6.07) is 7.74. The molecule has 1 aromatic carbocycles. The first-order chi connectivity index (χ1) is 9.76. The molecule has 5 nitrogen and oxygen atoms in total. The molecule has 0 atom stereocenters. The zero-order valence-electron chi connectivity index (χ0n) is 12.2. The first kappa shape index (κ1) is 16.5. The van der Waals surface area contributed by atoms with Gasteiger partial charge in [-0.15, -0.1) is 0 Å². The van der Waals surface area contributed by atoms with Crippen molar-refractivity contribution in [3.05, 3.63) is 29.8 Å². The van der Waals surface area contributed by atoms with Crippen molar-refractivity contribution in [1.82, 2.24) is 5.32 Å². The summed E-state index contributed by atoms with van der Waals surface area (Å²) in [5, 5.41) is 2.72. The van der Waals surface area contributed by atoms with Gasteiger partial charge in [-0.2, -0.15) is 0 Å². The quantitative estimate of drug-likeness (QED) is 0.659. The lowest BCUT2D eigenvalue weighted by atomic mass is 10.2. The largest absolute Gasteiger partial charge is 0.484 e. The molecular weight excluding hydrogens is 258 g/mol. The van der Waals surface area contributed by atoms with E-state index in [2.05, 4.69) is 12.2 Å². The van der Waals surface area contributed by atoms with Gasteiger partial charge in [-0.1, -0.05) is 19.1 Å². The van der Waals surface area contributed by atoms with Gasteiger partial charge in [0.15, 0.2) is 6.61 Å². The second-order valence-electron chi connectivity index (χ2n) is 4.24. The number of hydrogen-bond donors (Lipinski definition) is 1. The van der Waals surface area contributed by atoms with Crippen molar-refractivity contribution in [3.8, 4) is 5.75 Å². The van der Waals surface area contributed by atoms with Gasteiger partial charge in [0, 0.05) is 13.7 Å². The van der Waals surface area contributed by atoms with Gasteiger partial charge in [-0.3, -0.25) is 4.79 Å². The van der Waals surface area contributed by atoms with Crippen LogP contribution in [0.1, 0.15) is 12.5 Å². The molecule has 0 aliphatic rings. The highest BCUT2D eigenvalue weighted by molar-refractivity contribution is 5.77. The highest BCUT2D eigenvalue weighted by atomic mass is 16.5. The maximum Gasteiger partial charge on any atom is 0.258 e. The van der Waals surface area contributed by atoms with E-state index in [0.29, 0.717) is 32.1 Å². The zero-order chi connectivity index (χ0) is 14.6. The maximum absolute atomic E-state index is 11.5. The van der Waals surface area contributed by atoms with E-state index in [4.69, 9.17) is 14.2 Å². The predicted molar refractivity (Wildman–Crippen MR) is 77.0 cm³/mol. The molecule has 0 fully saturated rings. The molecule has 1 N–H and O–H groups in total. The standard InChI is InChI=1S/C15H23NO4/c1-3-13-4-6-14(7-5-13)20-12-15(17)16-8-9-19-11-10-18-2/h4-7H,3,8-12H2,1-2H3,(H,16,17). The van der Waals surface area contributed by atoms with E-state index in [0.717, 1.165) is 6.42 Å². The second-order valence-corrected chi connectivity index (χ2v) is 4.24. The number of carbonyl (C=O) groups excluding carboxylic acids is 1. The Labute approximate surface area is 120 Å². The van der Waals surface area contributed by atoms with E-state index < -0.39 is 0 Å². The molecule has 0 saturated heterocycles. The first-order valence-electron chi connectivity index (χ1n) is 6.81. The normalized spacial score (nSPS) is 10.3.